The van der Waals surface area contributed by atoms with Gasteiger partial charge in [-0.1, -0.05) is 0 Å². The Bertz CT molecular complexity index is 629. The van der Waals surface area contributed by atoms with Crippen LogP contribution >= 0.6 is 0 Å². The topological polar surface area (TPSA) is 59.0 Å². The zero-order chi connectivity index (χ0) is 14.7. The predicted molar refractivity (Wildman–Crippen MR) is 79.5 cm³/mol. The molecule has 108 valence electrons. The fourth-order valence-electron chi connectivity index (χ4n) is 2.90. The Hall–Kier alpha value is -2.30. The molecule has 1 fully saturated rings. The lowest BCUT2D eigenvalue weighted by atomic mass is 9.90. The van der Waals surface area contributed by atoms with Crippen LogP contribution in [0, 0.1) is 0 Å². The summed E-state index contributed by atoms with van der Waals surface area (Å²) in [6.07, 6.45) is 9.06. The molecular weight excluding hydrogens is 264 g/mol. The lowest BCUT2D eigenvalue weighted by molar-refractivity contribution is -0.130. The first-order valence-corrected chi connectivity index (χ1v) is 7.21. The first kappa shape index (κ1) is 13.7. The Balaban J connectivity index is 1.94. The number of aromatic nitrogens is 3. The largest absolute Gasteiger partial charge is 0.342 e. The number of hydrogen-bond donors (Lipinski definition) is 0. The van der Waals surface area contributed by atoms with Gasteiger partial charge in [-0.05, 0) is 30.5 Å². The highest BCUT2D eigenvalue weighted by Crippen LogP contribution is 2.32. The maximum Gasteiger partial charge on any atom is 0.219 e. The maximum absolute atomic E-state index is 11.6. The summed E-state index contributed by atoms with van der Waals surface area (Å²) in [7, 11) is 0. The number of carbonyl (C=O) groups excluding carboxylic acids is 1. The van der Waals surface area contributed by atoms with Crippen LogP contribution in [0.1, 0.15) is 31.4 Å². The minimum atomic E-state index is 0.138. The van der Waals surface area contributed by atoms with Crippen LogP contribution < -0.4 is 0 Å². The number of likely N-dealkylation sites (tertiary alicyclic amines) is 1. The van der Waals surface area contributed by atoms with Crippen molar-refractivity contribution in [2.45, 2.75) is 25.7 Å². The van der Waals surface area contributed by atoms with Crippen molar-refractivity contribution < 1.29 is 4.79 Å². The van der Waals surface area contributed by atoms with Gasteiger partial charge < -0.3 is 4.90 Å². The third kappa shape index (κ3) is 2.91. The first-order valence-electron chi connectivity index (χ1n) is 7.21. The highest BCUT2D eigenvalue weighted by molar-refractivity contribution is 5.73. The van der Waals surface area contributed by atoms with Gasteiger partial charge in [0, 0.05) is 50.1 Å². The monoisotopic (exact) mass is 282 g/mol. The van der Waals surface area contributed by atoms with Gasteiger partial charge >= 0.3 is 0 Å². The second-order valence-corrected chi connectivity index (χ2v) is 5.36. The fraction of sp³-hybridized carbons (Fsp3) is 0.375. The molecule has 21 heavy (non-hydrogen) atoms. The fourth-order valence-corrected chi connectivity index (χ4v) is 2.90. The van der Waals surface area contributed by atoms with Gasteiger partial charge in [-0.3, -0.25) is 9.78 Å². The molecule has 0 spiro atoms. The molecule has 0 unspecified atom stereocenters. The van der Waals surface area contributed by atoms with Crippen molar-refractivity contribution in [2.24, 2.45) is 0 Å². The Morgan fingerprint density at radius 1 is 1.29 bits per heavy atom. The SMILES string of the molecule is CC(=O)N1CCC[C@@H](c2ncncc2-c2ccncc2)C1. The standard InChI is InChI=1S/C16H18N4O/c1-12(21)20-8-2-3-14(10-20)16-15(9-18-11-19-16)13-4-6-17-7-5-13/h4-7,9,11,14H,2-3,8,10H2,1H3/t14-/m1/s1. The molecule has 3 rings (SSSR count). The molecule has 1 amide bonds. The van der Waals surface area contributed by atoms with Gasteiger partial charge in [-0.2, -0.15) is 0 Å². The van der Waals surface area contributed by atoms with Crippen LogP contribution in [0.5, 0.6) is 0 Å². The molecule has 0 radical (unpaired) electrons. The molecule has 1 saturated heterocycles. The molecule has 0 bridgehead atoms. The minimum Gasteiger partial charge on any atom is -0.342 e. The van der Waals surface area contributed by atoms with E-state index >= 15 is 0 Å². The molecule has 5 heteroatoms. The zero-order valence-corrected chi connectivity index (χ0v) is 12.1. The molecule has 3 heterocycles. The molecule has 2 aromatic heterocycles. The van der Waals surface area contributed by atoms with E-state index < -0.39 is 0 Å². The Kier molecular flexibility index (Phi) is 3.90. The summed E-state index contributed by atoms with van der Waals surface area (Å²) < 4.78 is 0. The molecule has 2 aromatic rings. The summed E-state index contributed by atoms with van der Waals surface area (Å²) in [6.45, 7) is 3.22. The molecule has 0 saturated carbocycles. The molecule has 0 aromatic carbocycles. The third-order valence-electron chi connectivity index (χ3n) is 3.99. The van der Waals surface area contributed by atoms with E-state index in [1.807, 2.05) is 23.2 Å². The number of carbonyl (C=O) groups is 1. The van der Waals surface area contributed by atoms with Crippen molar-refractivity contribution >= 4 is 5.91 Å². The van der Waals surface area contributed by atoms with E-state index in [-0.39, 0.29) is 11.8 Å². The molecule has 5 nitrogen and oxygen atoms in total. The van der Waals surface area contributed by atoms with E-state index in [1.165, 1.54) is 0 Å². The average Bonchev–Trinajstić information content (AvgIpc) is 2.56. The highest BCUT2D eigenvalue weighted by atomic mass is 16.2. The third-order valence-corrected chi connectivity index (χ3v) is 3.99. The van der Waals surface area contributed by atoms with Crippen LogP contribution in [0.4, 0.5) is 0 Å². The lowest BCUT2D eigenvalue weighted by Crippen LogP contribution is -2.38. The number of amides is 1. The summed E-state index contributed by atoms with van der Waals surface area (Å²) in [4.78, 5) is 26.2. The van der Waals surface area contributed by atoms with Gasteiger partial charge in [0.05, 0.1) is 5.69 Å². The molecular formula is C16H18N4O. The number of rotatable bonds is 2. The lowest BCUT2D eigenvalue weighted by Gasteiger charge is -2.32. The summed E-state index contributed by atoms with van der Waals surface area (Å²) in [5.74, 6) is 0.410. The minimum absolute atomic E-state index is 0.138. The average molecular weight is 282 g/mol. The van der Waals surface area contributed by atoms with E-state index in [2.05, 4.69) is 15.0 Å². The Labute approximate surface area is 124 Å². The zero-order valence-electron chi connectivity index (χ0n) is 12.1. The van der Waals surface area contributed by atoms with Crippen LogP contribution in [0.2, 0.25) is 0 Å². The van der Waals surface area contributed by atoms with Gasteiger partial charge in [0.25, 0.3) is 0 Å². The first-order chi connectivity index (χ1) is 10.3. The van der Waals surface area contributed by atoms with Crippen molar-refractivity contribution in [2.75, 3.05) is 13.1 Å². The van der Waals surface area contributed by atoms with Crippen molar-refractivity contribution in [3.8, 4) is 11.1 Å². The van der Waals surface area contributed by atoms with Crippen molar-refractivity contribution in [3.05, 3.63) is 42.7 Å². The normalized spacial score (nSPS) is 18.5. The molecule has 0 N–H and O–H groups in total. The van der Waals surface area contributed by atoms with Crippen LogP contribution in [-0.2, 0) is 4.79 Å². The van der Waals surface area contributed by atoms with Gasteiger partial charge in [0.2, 0.25) is 5.91 Å². The van der Waals surface area contributed by atoms with Crippen molar-refractivity contribution in [1.82, 2.24) is 19.9 Å². The number of pyridine rings is 1. The van der Waals surface area contributed by atoms with E-state index in [4.69, 9.17) is 0 Å². The number of piperidine rings is 1. The molecule has 1 aliphatic rings. The second-order valence-electron chi connectivity index (χ2n) is 5.36. The molecule has 1 atom stereocenters. The van der Waals surface area contributed by atoms with E-state index in [9.17, 15) is 4.79 Å². The van der Waals surface area contributed by atoms with E-state index in [0.717, 1.165) is 42.8 Å². The summed E-state index contributed by atoms with van der Waals surface area (Å²) in [5, 5.41) is 0. The smallest absolute Gasteiger partial charge is 0.219 e. The van der Waals surface area contributed by atoms with Gasteiger partial charge in [-0.25, -0.2) is 9.97 Å². The van der Waals surface area contributed by atoms with Crippen LogP contribution in [0.25, 0.3) is 11.1 Å². The maximum atomic E-state index is 11.6. The highest BCUT2D eigenvalue weighted by Gasteiger charge is 2.26. The van der Waals surface area contributed by atoms with Crippen LogP contribution in [0.3, 0.4) is 0 Å². The van der Waals surface area contributed by atoms with E-state index in [0.29, 0.717) is 0 Å². The van der Waals surface area contributed by atoms with Crippen LogP contribution in [0.15, 0.2) is 37.1 Å². The second kappa shape index (κ2) is 5.99. The summed E-state index contributed by atoms with van der Waals surface area (Å²) in [6, 6.07) is 3.93. The van der Waals surface area contributed by atoms with Crippen molar-refractivity contribution in [3.63, 3.8) is 0 Å². The van der Waals surface area contributed by atoms with Gasteiger partial charge in [-0.15, -0.1) is 0 Å². The molecule has 0 aliphatic carbocycles. The van der Waals surface area contributed by atoms with E-state index in [1.54, 1.807) is 25.6 Å². The number of nitrogens with zero attached hydrogens (tertiary/aromatic N) is 4. The summed E-state index contributed by atoms with van der Waals surface area (Å²) in [5.41, 5.74) is 3.14. The Morgan fingerprint density at radius 2 is 2.10 bits per heavy atom. The van der Waals surface area contributed by atoms with Gasteiger partial charge in [0.1, 0.15) is 6.33 Å². The molecule has 1 aliphatic heterocycles. The van der Waals surface area contributed by atoms with Gasteiger partial charge in [0.15, 0.2) is 0 Å². The predicted octanol–water partition coefficient (Wildman–Crippen LogP) is 2.26. The number of hydrogen-bond acceptors (Lipinski definition) is 4. The quantitative estimate of drug-likeness (QED) is 0.847. The summed E-state index contributed by atoms with van der Waals surface area (Å²) >= 11 is 0. The van der Waals surface area contributed by atoms with Crippen molar-refractivity contribution in [1.29, 1.82) is 0 Å². The Morgan fingerprint density at radius 3 is 2.86 bits per heavy atom. The van der Waals surface area contributed by atoms with Crippen LogP contribution in [-0.4, -0.2) is 38.8 Å².